The van der Waals surface area contributed by atoms with Crippen molar-refractivity contribution in [2.45, 2.75) is 10.9 Å². The predicted octanol–water partition coefficient (Wildman–Crippen LogP) is 4.06. The van der Waals surface area contributed by atoms with Gasteiger partial charge in [0.1, 0.15) is 0 Å². The molecule has 2 aromatic heterocycles. The molecule has 0 spiro atoms. The van der Waals surface area contributed by atoms with Crippen LogP contribution in [0.5, 0.6) is 0 Å². The Kier molecular flexibility index (Phi) is 4.99. The third kappa shape index (κ3) is 3.32. The van der Waals surface area contributed by atoms with Gasteiger partial charge in [0.15, 0.2) is 5.16 Å². The maximum atomic E-state index is 13.1. The molecule has 0 fully saturated rings. The number of rotatable bonds is 5. The number of esters is 1. The molecule has 0 bridgehead atoms. The van der Waals surface area contributed by atoms with Gasteiger partial charge in [-0.3, -0.25) is 9.36 Å². The lowest BCUT2D eigenvalue weighted by atomic mass is 10.2. The molecule has 0 radical (unpaired) electrons. The Hall–Kier alpha value is -3.32. The second kappa shape index (κ2) is 7.74. The van der Waals surface area contributed by atoms with Gasteiger partial charge in [0, 0.05) is 11.3 Å². The molecule has 140 valence electrons. The number of carbonyl (C=O) groups is 1. The van der Waals surface area contributed by atoms with Crippen LogP contribution in [0.15, 0.2) is 81.3 Å². The third-order valence-corrected chi connectivity index (χ3v) is 5.22. The van der Waals surface area contributed by atoms with Crippen LogP contribution in [0.25, 0.3) is 16.6 Å². The number of thioether (sulfide) groups is 1. The van der Waals surface area contributed by atoms with E-state index in [-0.39, 0.29) is 11.3 Å². The van der Waals surface area contributed by atoms with Gasteiger partial charge >= 0.3 is 5.97 Å². The van der Waals surface area contributed by atoms with Crippen LogP contribution in [-0.4, -0.2) is 22.6 Å². The fraction of sp³-hybridized carbons (Fsp3) is 0.0952. The number of hydrogen-bond acceptors (Lipinski definition) is 6. The Morgan fingerprint density at radius 1 is 1.11 bits per heavy atom. The molecule has 0 atom stereocenters. The van der Waals surface area contributed by atoms with Crippen molar-refractivity contribution in [2.24, 2.45) is 0 Å². The quantitative estimate of drug-likeness (QED) is 0.290. The molecule has 6 nitrogen and oxygen atoms in total. The first-order chi connectivity index (χ1) is 13.7. The van der Waals surface area contributed by atoms with Crippen molar-refractivity contribution in [3.63, 3.8) is 0 Å². The number of aromatic nitrogens is 2. The van der Waals surface area contributed by atoms with Crippen LogP contribution < -0.4 is 5.56 Å². The Balaban J connectivity index is 1.79. The van der Waals surface area contributed by atoms with E-state index in [2.05, 4.69) is 4.98 Å². The molecule has 4 rings (SSSR count). The highest BCUT2D eigenvalue weighted by Crippen LogP contribution is 2.26. The van der Waals surface area contributed by atoms with Crippen LogP contribution in [0.2, 0.25) is 0 Å². The van der Waals surface area contributed by atoms with Gasteiger partial charge in [0.2, 0.25) is 5.76 Å². The van der Waals surface area contributed by atoms with E-state index in [1.807, 2.05) is 48.5 Å². The molecule has 28 heavy (non-hydrogen) atoms. The topological polar surface area (TPSA) is 74.3 Å². The summed E-state index contributed by atoms with van der Waals surface area (Å²) < 4.78 is 11.6. The molecule has 7 heteroatoms. The summed E-state index contributed by atoms with van der Waals surface area (Å²) in [5, 5.41) is 1.08. The highest BCUT2D eigenvalue weighted by atomic mass is 32.2. The van der Waals surface area contributed by atoms with E-state index in [1.54, 1.807) is 16.7 Å². The molecule has 2 heterocycles. The molecule has 0 amide bonds. The van der Waals surface area contributed by atoms with Gasteiger partial charge < -0.3 is 9.15 Å². The van der Waals surface area contributed by atoms with Crippen molar-refractivity contribution in [1.29, 1.82) is 0 Å². The van der Waals surface area contributed by atoms with Crippen LogP contribution >= 0.6 is 11.8 Å². The Labute approximate surface area is 164 Å². The minimum absolute atomic E-state index is 0.139. The molecule has 0 N–H and O–H groups in total. The predicted molar refractivity (Wildman–Crippen MR) is 107 cm³/mol. The first kappa shape index (κ1) is 18.1. The summed E-state index contributed by atoms with van der Waals surface area (Å²) in [6.07, 6.45) is 1.44. The molecule has 2 aromatic carbocycles. The summed E-state index contributed by atoms with van der Waals surface area (Å²) in [6.45, 7) is 0. The van der Waals surface area contributed by atoms with Gasteiger partial charge in [-0.2, -0.15) is 0 Å². The number of methoxy groups -OCH3 is 1. The van der Waals surface area contributed by atoms with E-state index in [1.165, 1.54) is 25.1 Å². The fourth-order valence-corrected chi connectivity index (χ4v) is 3.87. The molecule has 4 aromatic rings. The largest absolute Gasteiger partial charge is 0.463 e. The molecular weight excluding hydrogens is 376 g/mol. The lowest BCUT2D eigenvalue weighted by molar-refractivity contribution is 0.0564. The zero-order valence-corrected chi connectivity index (χ0v) is 15.8. The Morgan fingerprint density at radius 3 is 2.64 bits per heavy atom. The highest BCUT2D eigenvalue weighted by molar-refractivity contribution is 7.98. The van der Waals surface area contributed by atoms with Crippen molar-refractivity contribution in [3.8, 4) is 5.69 Å². The van der Waals surface area contributed by atoms with Crippen LogP contribution in [-0.2, 0) is 10.5 Å². The first-order valence-corrected chi connectivity index (χ1v) is 9.52. The van der Waals surface area contributed by atoms with E-state index in [0.29, 0.717) is 27.4 Å². The number of ether oxygens (including phenoxy) is 1. The average Bonchev–Trinajstić information content (AvgIpc) is 3.21. The van der Waals surface area contributed by atoms with Gasteiger partial charge in [0.25, 0.3) is 5.56 Å². The maximum Gasteiger partial charge on any atom is 0.374 e. The normalized spacial score (nSPS) is 10.9. The van der Waals surface area contributed by atoms with Gasteiger partial charge in [-0.05, 0) is 30.3 Å². The average molecular weight is 392 g/mol. The summed E-state index contributed by atoms with van der Waals surface area (Å²) in [6, 6.07) is 18.3. The molecule has 0 unspecified atom stereocenters. The molecular formula is C21H16N2O4S. The smallest absolute Gasteiger partial charge is 0.374 e. The number of hydrogen-bond donors (Lipinski definition) is 0. The zero-order valence-electron chi connectivity index (χ0n) is 15.0. The van der Waals surface area contributed by atoms with E-state index >= 15 is 0 Å². The molecule has 0 saturated carbocycles. The highest BCUT2D eigenvalue weighted by Gasteiger charge is 2.18. The Bertz CT molecular complexity index is 1200. The Morgan fingerprint density at radius 2 is 1.86 bits per heavy atom. The number of para-hydroxylation sites is 2. The summed E-state index contributed by atoms with van der Waals surface area (Å²) in [5.41, 5.74) is 1.90. The van der Waals surface area contributed by atoms with E-state index in [4.69, 9.17) is 9.15 Å². The van der Waals surface area contributed by atoms with E-state index in [0.717, 1.165) is 5.69 Å². The second-order valence-corrected chi connectivity index (χ2v) is 6.89. The summed E-state index contributed by atoms with van der Waals surface area (Å²) >= 11 is 1.35. The first-order valence-electron chi connectivity index (χ1n) is 8.53. The van der Waals surface area contributed by atoms with Gasteiger partial charge in [-0.25, -0.2) is 9.78 Å². The molecule has 0 saturated heterocycles. The summed E-state index contributed by atoms with van der Waals surface area (Å²) in [7, 11) is 1.31. The zero-order chi connectivity index (χ0) is 19.5. The number of carbonyl (C=O) groups excluding carboxylic acids is 1. The standard InChI is InChI=1S/C21H16N2O4S/c1-26-20(25)18-14(11-12-27-18)13-28-21-22-17-10-6-5-9-16(17)19(24)23(21)15-7-3-2-4-8-15/h2-12H,13H2,1H3. The third-order valence-electron chi connectivity index (χ3n) is 4.23. The van der Waals surface area contributed by atoms with Crippen LogP contribution in [0.3, 0.4) is 0 Å². The fourth-order valence-electron chi connectivity index (χ4n) is 2.88. The summed E-state index contributed by atoms with van der Waals surface area (Å²) in [4.78, 5) is 29.7. The van der Waals surface area contributed by atoms with Crippen molar-refractivity contribution >= 4 is 28.6 Å². The molecule has 0 aliphatic heterocycles. The molecule has 0 aliphatic carbocycles. The van der Waals surface area contributed by atoms with Gasteiger partial charge in [-0.15, -0.1) is 0 Å². The lowest BCUT2D eigenvalue weighted by Gasteiger charge is -2.13. The minimum atomic E-state index is -0.535. The lowest BCUT2D eigenvalue weighted by Crippen LogP contribution is -2.21. The minimum Gasteiger partial charge on any atom is -0.463 e. The van der Waals surface area contributed by atoms with Crippen molar-refractivity contribution in [3.05, 3.63) is 88.6 Å². The maximum absolute atomic E-state index is 13.1. The molecule has 0 aliphatic rings. The summed E-state index contributed by atoms with van der Waals surface area (Å²) in [5.74, 6) is 0.0235. The number of furan rings is 1. The van der Waals surface area contributed by atoms with Crippen LogP contribution in [0, 0.1) is 0 Å². The number of nitrogens with zero attached hydrogens (tertiary/aromatic N) is 2. The van der Waals surface area contributed by atoms with E-state index in [9.17, 15) is 9.59 Å². The van der Waals surface area contributed by atoms with Crippen LogP contribution in [0.4, 0.5) is 0 Å². The van der Waals surface area contributed by atoms with Crippen molar-refractivity contribution in [1.82, 2.24) is 9.55 Å². The second-order valence-electron chi connectivity index (χ2n) is 5.94. The number of fused-ring (bicyclic) bond motifs is 1. The van der Waals surface area contributed by atoms with E-state index < -0.39 is 5.97 Å². The van der Waals surface area contributed by atoms with Crippen LogP contribution in [0.1, 0.15) is 16.1 Å². The van der Waals surface area contributed by atoms with Crippen molar-refractivity contribution < 1.29 is 13.9 Å². The van der Waals surface area contributed by atoms with Crippen molar-refractivity contribution in [2.75, 3.05) is 7.11 Å². The SMILES string of the molecule is COC(=O)c1occc1CSc1nc2ccccc2c(=O)n1-c1ccccc1. The van der Waals surface area contributed by atoms with Gasteiger partial charge in [0.05, 0.1) is 30.0 Å². The number of benzene rings is 2. The monoisotopic (exact) mass is 392 g/mol. The van der Waals surface area contributed by atoms with Gasteiger partial charge in [-0.1, -0.05) is 42.1 Å².